The number of fused-ring (bicyclic) bond motifs is 2. The molecule has 0 amide bonds. The third-order valence-corrected chi connectivity index (χ3v) is 5.19. The lowest BCUT2D eigenvalue weighted by molar-refractivity contribution is 0.277. The molecule has 0 fully saturated rings. The summed E-state index contributed by atoms with van der Waals surface area (Å²) < 4.78 is 0. The number of para-hydroxylation sites is 1. The van der Waals surface area contributed by atoms with Gasteiger partial charge in [0.1, 0.15) is 0 Å². The lowest BCUT2D eigenvalue weighted by Crippen LogP contribution is -2.41. The number of aliphatic hydroxyl groups excluding tert-OH is 1. The van der Waals surface area contributed by atoms with Gasteiger partial charge in [-0.2, -0.15) is 0 Å². The molecule has 0 saturated heterocycles. The summed E-state index contributed by atoms with van der Waals surface area (Å²) in [5.41, 5.74) is 4.35. The molecule has 2 heterocycles. The van der Waals surface area contributed by atoms with Gasteiger partial charge in [0.15, 0.2) is 5.11 Å². The Hall–Kier alpha value is -2.50. The predicted molar refractivity (Wildman–Crippen MR) is 111 cm³/mol. The Morgan fingerprint density at radius 1 is 1.27 bits per heavy atom. The quantitative estimate of drug-likeness (QED) is 0.688. The number of rotatable bonds is 3. The summed E-state index contributed by atoms with van der Waals surface area (Å²) in [4.78, 5) is 6.52. The molecule has 132 valence electrons. The third-order valence-electron chi connectivity index (χ3n) is 4.89. The number of nitrogens with zero attached hydrogens (tertiary/aromatic N) is 2. The van der Waals surface area contributed by atoms with Crippen LogP contribution in [-0.2, 0) is 6.42 Å². The topological polar surface area (TPSA) is 48.4 Å². The van der Waals surface area contributed by atoms with Crippen molar-refractivity contribution in [1.29, 1.82) is 0 Å². The predicted octanol–water partition coefficient (Wildman–Crippen LogP) is 4.05. The zero-order valence-corrected chi connectivity index (χ0v) is 15.5. The van der Waals surface area contributed by atoms with Crippen molar-refractivity contribution in [3.05, 3.63) is 66.0 Å². The van der Waals surface area contributed by atoms with Gasteiger partial charge in [-0.1, -0.05) is 30.3 Å². The number of aliphatic hydroxyl groups is 1. The zero-order chi connectivity index (χ0) is 18.1. The van der Waals surface area contributed by atoms with Crippen molar-refractivity contribution in [3.8, 4) is 0 Å². The fourth-order valence-electron chi connectivity index (χ4n) is 3.67. The van der Waals surface area contributed by atoms with Gasteiger partial charge in [-0.15, -0.1) is 0 Å². The molecule has 26 heavy (non-hydrogen) atoms. The minimum absolute atomic E-state index is 0.150. The molecule has 0 bridgehead atoms. The van der Waals surface area contributed by atoms with Crippen molar-refractivity contribution < 1.29 is 5.11 Å². The molecule has 1 aromatic heterocycles. The molecule has 3 aromatic rings. The van der Waals surface area contributed by atoms with E-state index < -0.39 is 0 Å². The van der Waals surface area contributed by atoms with Crippen molar-refractivity contribution in [2.75, 3.05) is 16.8 Å². The standard InChI is InChI=1S/C21H21N3OS/c1-14-11-18-16(13-22-14)6-4-7-19(18)23-21(26)24-17(9-10-25)12-15-5-2-3-8-20(15)24/h2-8,11,13,17,25H,9-10,12H2,1H3,(H,23,26). The van der Waals surface area contributed by atoms with E-state index in [1.165, 1.54) is 5.56 Å². The van der Waals surface area contributed by atoms with Gasteiger partial charge in [0.05, 0.1) is 0 Å². The summed E-state index contributed by atoms with van der Waals surface area (Å²) in [5.74, 6) is 0. The van der Waals surface area contributed by atoms with Gasteiger partial charge in [0.25, 0.3) is 0 Å². The van der Waals surface area contributed by atoms with Crippen LogP contribution in [0.5, 0.6) is 0 Å². The third kappa shape index (κ3) is 3.04. The average molecular weight is 363 g/mol. The van der Waals surface area contributed by atoms with Crippen LogP contribution in [0, 0.1) is 6.92 Å². The number of nitrogens with one attached hydrogen (secondary N) is 1. The van der Waals surface area contributed by atoms with Crippen molar-refractivity contribution in [2.24, 2.45) is 0 Å². The molecule has 1 aliphatic heterocycles. The van der Waals surface area contributed by atoms with Gasteiger partial charge >= 0.3 is 0 Å². The second-order valence-electron chi connectivity index (χ2n) is 6.65. The molecular formula is C21H21N3OS. The van der Waals surface area contributed by atoms with Crippen molar-refractivity contribution in [3.63, 3.8) is 0 Å². The van der Waals surface area contributed by atoms with Gasteiger partial charge in [-0.25, -0.2) is 0 Å². The summed E-state index contributed by atoms with van der Waals surface area (Å²) in [6, 6.07) is 16.7. The molecule has 2 N–H and O–H groups in total. The molecule has 5 heteroatoms. The first kappa shape index (κ1) is 16.9. The highest BCUT2D eigenvalue weighted by Gasteiger charge is 2.31. The van der Waals surface area contributed by atoms with Crippen LogP contribution < -0.4 is 10.2 Å². The van der Waals surface area contributed by atoms with Crippen LogP contribution in [0.25, 0.3) is 10.8 Å². The molecular weight excluding hydrogens is 342 g/mol. The Labute approximate surface area is 158 Å². The van der Waals surface area contributed by atoms with E-state index >= 15 is 0 Å². The number of aryl methyl sites for hydroxylation is 1. The van der Waals surface area contributed by atoms with Crippen LogP contribution >= 0.6 is 12.2 Å². The van der Waals surface area contributed by atoms with Gasteiger partial charge < -0.3 is 15.3 Å². The number of aromatic nitrogens is 1. The lowest BCUT2D eigenvalue weighted by atomic mass is 10.1. The van der Waals surface area contributed by atoms with Gasteiger partial charge in [-0.3, -0.25) is 4.98 Å². The number of benzene rings is 2. The molecule has 0 aliphatic carbocycles. The molecule has 0 saturated carbocycles. The molecule has 4 rings (SSSR count). The van der Waals surface area contributed by atoms with Crippen molar-refractivity contribution in [1.82, 2.24) is 4.98 Å². The maximum atomic E-state index is 9.47. The van der Waals surface area contributed by atoms with Gasteiger partial charge in [0.2, 0.25) is 0 Å². The highest BCUT2D eigenvalue weighted by molar-refractivity contribution is 7.80. The van der Waals surface area contributed by atoms with Crippen molar-refractivity contribution in [2.45, 2.75) is 25.8 Å². The lowest BCUT2D eigenvalue weighted by Gasteiger charge is -2.28. The molecule has 0 radical (unpaired) electrons. The molecule has 1 unspecified atom stereocenters. The first-order valence-electron chi connectivity index (χ1n) is 8.82. The Morgan fingerprint density at radius 3 is 2.96 bits per heavy atom. The number of pyridine rings is 1. The molecule has 0 spiro atoms. The first-order valence-corrected chi connectivity index (χ1v) is 9.22. The first-order chi connectivity index (χ1) is 12.7. The summed E-state index contributed by atoms with van der Waals surface area (Å²) in [7, 11) is 0. The number of thiocarbonyl (C=S) groups is 1. The molecule has 1 aliphatic rings. The highest BCUT2D eigenvalue weighted by atomic mass is 32.1. The van der Waals surface area contributed by atoms with E-state index in [1.54, 1.807) is 0 Å². The van der Waals surface area contributed by atoms with E-state index in [0.717, 1.165) is 34.3 Å². The smallest absolute Gasteiger partial charge is 0.178 e. The summed E-state index contributed by atoms with van der Waals surface area (Å²) >= 11 is 5.78. The van der Waals surface area contributed by atoms with Crippen LogP contribution in [0.15, 0.2) is 54.7 Å². The second-order valence-corrected chi connectivity index (χ2v) is 7.04. The maximum absolute atomic E-state index is 9.47. The largest absolute Gasteiger partial charge is 0.396 e. The van der Waals surface area contributed by atoms with Crippen LogP contribution in [0.4, 0.5) is 11.4 Å². The van der Waals surface area contributed by atoms with E-state index in [9.17, 15) is 5.11 Å². The van der Waals surface area contributed by atoms with E-state index in [2.05, 4.69) is 45.5 Å². The van der Waals surface area contributed by atoms with E-state index in [0.29, 0.717) is 11.5 Å². The normalized spacial score (nSPS) is 15.9. The van der Waals surface area contributed by atoms with Crippen LogP contribution in [0.2, 0.25) is 0 Å². The number of hydrogen-bond acceptors (Lipinski definition) is 3. The van der Waals surface area contributed by atoms with Crippen molar-refractivity contribution >= 4 is 39.5 Å². The highest BCUT2D eigenvalue weighted by Crippen LogP contribution is 2.34. The Morgan fingerprint density at radius 2 is 2.12 bits per heavy atom. The summed E-state index contributed by atoms with van der Waals surface area (Å²) in [6.45, 7) is 2.14. The second kappa shape index (κ2) is 7.02. The van der Waals surface area contributed by atoms with E-state index in [-0.39, 0.29) is 12.6 Å². The minimum Gasteiger partial charge on any atom is -0.396 e. The number of hydrogen-bond donors (Lipinski definition) is 2. The minimum atomic E-state index is 0.150. The molecule has 1 atom stereocenters. The summed E-state index contributed by atoms with van der Waals surface area (Å²) in [5, 5.41) is 15.7. The van der Waals surface area contributed by atoms with Crippen LogP contribution in [0.3, 0.4) is 0 Å². The number of anilines is 2. The van der Waals surface area contributed by atoms with E-state index in [1.807, 2.05) is 31.3 Å². The average Bonchev–Trinajstić information content (AvgIpc) is 3.00. The Bertz CT molecular complexity index is 972. The zero-order valence-electron chi connectivity index (χ0n) is 14.6. The molecule has 2 aromatic carbocycles. The Kier molecular flexibility index (Phi) is 4.57. The fraction of sp³-hybridized carbons (Fsp3) is 0.238. The Balaban J connectivity index is 1.68. The monoisotopic (exact) mass is 363 g/mol. The van der Waals surface area contributed by atoms with Crippen LogP contribution in [-0.4, -0.2) is 27.9 Å². The SMILES string of the molecule is Cc1cc2c(NC(=S)N3c4ccccc4CC3CCO)cccc2cn1. The van der Waals surface area contributed by atoms with Gasteiger partial charge in [0, 0.05) is 46.7 Å². The van der Waals surface area contributed by atoms with Gasteiger partial charge in [-0.05, 0) is 55.7 Å². The van der Waals surface area contributed by atoms with Crippen LogP contribution in [0.1, 0.15) is 17.7 Å². The van der Waals surface area contributed by atoms with E-state index in [4.69, 9.17) is 12.2 Å². The molecule has 4 nitrogen and oxygen atoms in total. The fourth-order valence-corrected chi connectivity index (χ4v) is 4.03. The summed E-state index contributed by atoms with van der Waals surface area (Å²) in [6.07, 6.45) is 3.48. The maximum Gasteiger partial charge on any atom is 0.178 e.